The zero-order chi connectivity index (χ0) is 17.4. The van der Waals surface area contributed by atoms with Gasteiger partial charge in [0, 0.05) is 19.5 Å². The fraction of sp³-hybridized carbons (Fsp3) is 0.176. The van der Waals surface area contributed by atoms with Crippen molar-refractivity contribution in [3.63, 3.8) is 0 Å². The molecule has 0 aliphatic carbocycles. The van der Waals surface area contributed by atoms with Crippen molar-refractivity contribution < 1.29 is 19.8 Å². The molecule has 0 saturated heterocycles. The Morgan fingerprint density at radius 1 is 0.875 bits per heavy atom. The van der Waals surface area contributed by atoms with Gasteiger partial charge in [-0.15, -0.1) is 34.0 Å². The van der Waals surface area contributed by atoms with E-state index in [9.17, 15) is 9.59 Å². The average molecular weight is 378 g/mol. The van der Waals surface area contributed by atoms with E-state index in [1.165, 1.54) is 28.2 Å². The minimum atomic E-state index is -0.916. The number of carboxylic acid groups (broad SMARTS) is 2. The Hall–Kier alpha value is -1.96. The SMILES string of the molecule is CCc1c(-c2ccc(C(=O)O)s2)sc(-c2ccc(C(=O)O)s2)c1C. The molecule has 4 nitrogen and oxygen atoms in total. The van der Waals surface area contributed by atoms with Crippen molar-refractivity contribution in [2.45, 2.75) is 20.3 Å². The minimum Gasteiger partial charge on any atom is -0.477 e. The van der Waals surface area contributed by atoms with E-state index < -0.39 is 11.9 Å². The highest BCUT2D eigenvalue weighted by atomic mass is 32.1. The maximum Gasteiger partial charge on any atom is 0.345 e. The van der Waals surface area contributed by atoms with Crippen LogP contribution in [-0.2, 0) is 6.42 Å². The minimum absolute atomic E-state index is 0.321. The van der Waals surface area contributed by atoms with E-state index in [2.05, 4.69) is 6.92 Å². The molecule has 0 unspecified atom stereocenters. The third-order valence-electron chi connectivity index (χ3n) is 3.71. The van der Waals surface area contributed by atoms with Gasteiger partial charge in [0.25, 0.3) is 0 Å². The van der Waals surface area contributed by atoms with Gasteiger partial charge in [0.15, 0.2) is 0 Å². The predicted octanol–water partition coefficient (Wildman–Crippen LogP) is 5.47. The Labute approximate surface area is 150 Å². The first kappa shape index (κ1) is 16.9. The lowest BCUT2D eigenvalue weighted by molar-refractivity contribution is 0.0691. The third kappa shape index (κ3) is 2.90. The molecule has 2 N–H and O–H groups in total. The smallest absolute Gasteiger partial charge is 0.345 e. The topological polar surface area (TPSA) is 74.6 Å². The average Bonchev–Trinajstić information content (AvgIpc) is 3.24. The summed E-state index contributed by atoms with van der Waals surface area (Å²) in [4.78, 5) is 26.9. The second-order valence-electron chi connectivity index (χ2n) is 5.16. The summed E-state index contributed by atoms with van der Waals surface area (Å²) in [6.07, 6.45) is 0.842. The lowest BCUT2D eigenvalue weighted by atomic mass is 10.1. The summed E-state index contributed by atoms with van der Waals surface area (Å²) in [5.41, 5.74) is 2.33. The van der Waals surface area contributed by atoms with Crippen LogP contribution in [0.4, 0.5) is 0 Å². The van der Waals surface area contributed by atoms with Gasteiger partial charge in [-0.2, -0.15) is 0 Å². The molecule has 0 aromatic carbocycles. The van der Waals surface area contributed by atoms with Gasteiger partial charge in [-0.25, -0.2) is 9.59 Å². The summed E-state index contributed by atoms with van der Waals surface area (Å²) in [7, 11) is 0. The van der Waals surface area contributed by atoms with Gasteiger partial charge >= 0.3 is 11.9 Å². The van der Waals surface area contributed by atoms with Crippen molar-refractivity contribution in [2.75, 3.05) is 0 Å². The number of rotatable bonds is 5. The van der Waals surface area contributed by atoms with E-state index in [0.29, 0.717) is 9.75 Å². The molecular weight excluding hydrogens is 364 g/mol. The number of thiophene rings is 3. The Bertz CT molecular complexity index is 930. The number of hydrogen-bond acceptors (Lipinski definition) is 5. The van der Waals surface area contributed by atoms with E-state index in [4.69, 9.17) is 10.2 Å². The van der Waals surface area contributed by atoms with Gasteiger partial charge < -0.3 is 10.2 Å². The summed E-state index contributed by atoms with van der Waals surface area (Å²) in [6.45, 7) is 4.12. The van der Waals surface area contributed by atoms with E-state index >= 15 is 0 Å². The van der Waals surface area contributed by atoms with Gasteiger partial charge in [0.05, 0.1) is 0 Å². The number of carboxylic acids is 2. The van der Waals surface area contributed by atoms with Crippen molar-refractivity contribution in [2.24, 2.45) is 0 Å². The molecule has 24 heavy (non-hydrogen) atoms. The van der Waals surface area contributed by atoms with E-state index in [0.717, 1.165) is 31.5 Å². The molecule has 3 rings (SSSR count). The Morgan fingerprint density at radius 2 is 1.38 bits per heavy atom. The van der Waals surface area contributed by atoms with E-state index in [-0.39, 0.29) is 0 Å². The highest BCUT2D eigenvalue weighted by molar-refractivity contribution is 7.27. The second kappa shape index (κ2) is 6.51. The molecule has 0 bridgehead atoms. The highest BCUT2D eigenvalue weighted by Gasteiger charge is 2.20. The highest BCUT2D eigenvalue weighted by Crippen LogP contribution is 2.45. The van der Waals surface area contributed by atoms with Crippen molar-refractivity contribution in [1.29, 1.82) is 0 Å². The summed E-state index contributed by atoms with van der Waals surface area (Å²) in [5, 5.41) is 18.2. The summed E-state index contributed by atoms with van der Waals surface area (Å²) in [5.74, 6) is -1.83. The van der Waals surface area contributed by atoms with Crippen LogP contribution in [0, 0.1) is 6.92 Å². The quantitative estimate of drug-likeness (QED) is 0.617. The van der Waals surface area contributed by atoms with Crippen LogP contribution < -0.4 is 0 Å². The molecule has 7 heteroatoms. The first-order chi connectivity index (χ1) is 11.4. The van der Waals surface area contributed by atoms with Crippen LogP contribution in [-0.4, -0.2) is 22.2 Å². The molecule has 0 saturated carbocycles. The lowest BCUT2D eigenvalue weighted by Crippen LogP contribution is -1.89. The van der Waals surface area contributed by atoms with E-state index in [1.54, 1.807) is 23.5 Å². The molecule has 3 aromatic rings. The van der Waals surface area contributed by atoms with Crippen LogP contribution in [0.5, 0.6) is 0 Å². The molecule has 124 valence electrons. The fourth-order valence-electron chi connectivity index (χ4n) is 2.56. The van der Waals surface area contributed by atoms with Crippen molar-refractivity contribution in [1.82, 2.24) is 0 Å². The van der Waals surface area contributed by atoms with Crippen LogP contribution in [0.1, 0.15) is 37.4 Å². The largest absolute Gasteiger partial charge is 0.477 e. The van der Waals surface area contributed by atoms with Crippen LogP contribution in [0.25, 0.3) is 19.5 Å². The molecule has 0 radical (unpaired) electrons. The zero-order valence-electron chi connectivity index (χ0n) is 13.0. The molecule has 3 aromatic heterocycles. The third-order valence-corrected chi connectivity index (χ3v) is 7.55. The Balaban J connectivity index is 2.10. The molecule has 0 aliphatic rings. The first-order valence-corrected chi connectivity index (χ1v) is 9.66. The Kier molecular flexibility index (Phi) is 4.58. The lowest BCUT2D eigenvalue weighted by Gasteiger charge is -2.00. The molecule has 3 heterocycles. The number of hydrogen-bond donors (Lipinski definition) is 2. The van der Waals surface area contributed by atoms with Crippen molar-refractivity contribution >= 4 is 45.9 Å². The van der Waals surface area contributed by atoms with E-state index in [1.807, 2.05) is 19.1 Å². The summed E-state index contributed by atoms with van der Waals surface area (Å²) < 4.78 is 0. The molecule has 0 atom stereocenters. The Morgan fingerprint density at radius 3 is 1.79 bits per heavy atom. The monoisotopic (exact) mass is 378 g/mol. The fourth-order valence-corrected chi connectivity index (χ4v) is 5.95. The summed E-state index contributed by atoms with van der Waals surface area (Å²) >= 11 is 4.14. The van der Waals surface area contributed by atoms with Crippen LogP contribution in [0.2, 0.25) is 0 Å². The molecule has 0 fully saturated rings. The van der Waals surface area contributed by atoms with Gasteiger partial charge in [-0.3, -0.25) is 0 Å². The number of carbonyl (C=O) groups is 2. The molecule has 0 aliphatic heterocycles. The maximum atomic E-state index is 11.1. The standard InChI is InChI=1S/C17H14O4S3/c1-3-9-8(2)14(10-4-6-12(22-10)16(18)19)24-15(9)11-5-7-13(23-11)17(20)21/h4-7H,3H2,1-2H3,(H,18,19)(H,20,21). The van der Waals surface area contributed by atoms with Gasteiger partial charge in [0.2, 0.25) is 0 Å². The van der Waals surface area contributed by atoms with Gasteiger partial charge in [-0.05, 0) is 48.7 Å². The van der Waals surface area contributed by atoms with Crippen LogP contribution in [0.3, 0.4) is 0 Å². The second-order valence-corrected chi connectivity index (χ2v) is 8.34. The number of aromatic carboxylic acids is 2. The molecule has 0 spiro atoms. The van der Waals surface area contributed by atoms with Gasteiger partial charge in [-0.1, -0.05) is 6.92 Å². The molecular formula is C17H14O4S3. The summed E-state index contributed by atoms with van der Waals surface area (Å²) in [6, 6.07) is 6.94. The normalized spacial score (nSPS) is 10.9. The predicted molar refractivity (Wildman–Crippen MR) is 99.0 cm³/mol. The zero-order valence-corrected chi connectivity index (χ0v) is 15.4. The van der Waals surface area contributed by atoms with Crippen LogP contribution >= 0.6 is 34.0 Å². The van der Waals surface area contributed by atoms with Gasteiger partial charge in [0.1, 0.15) is 9.75 Å². The van der Waals surface area contributed by atoms with Crippen LogP contribution in [0.15, 0.2) is 24.3 Å². The molecule has 0 amide bonds. The maximum absolute atomic E-state index is 11.1. The van der Waals surface area contributed by atoms with Crippen molar-refractivity contribution in [3.05, 3.63) is 45.1 Å². The first-order valence-electron chi connectivity index (χ1n) is 7.21. The van der Waals surface area contributed by atoms with Crippen molar-refractivity contribution in [3.8, 4) is 19.5 Å².